The highest BCUT2D eigenvalue weighted by Crippen LogP contribution is 2.06. The Hall–Kier alpha value is -2.35. The summed E-state index contributed by atoms with van der Waals surface area (Å²) in [6.45, 7) is 35.1. The zero-order chi connectivity index (χ0) is 43.7. The summed E-state index contributed by atoms with van der Waals surface area (Å²) in [6, 6.07) is 1.87. The maximum Gasteiger partial charge on any atom is 0.408 e. The summed E-state index contributed by atoms with van der Waals surface area (Å²) >= 11 is 0. The number of hydrogen-bond acceptors (Lipinski definition) is 14. The summed E-state index contributed by atoms with van der Waals surface area (Å²) in [7, 11) is 0. The van der Waals surface area contributed by atoms with Crippen LogP contribution in [0.1, 0.15) is 117 Å². The second kappa shape index (κ2) is 42.8. The fourth-order valence-electron chi connectivity index (χ4n) is 2.77. The average Bonchev–Trinajstić information content (AvgIpc) is 3.00. The number of hydrogen-bond donors (Lipinski definition) is 8. The molecule has 0 radical (unpaired) electrons. The Morgan fingerprint density at radius 1 is 0.582 bits per heavy atom. The first-order chi connectivity index (χ1) is 25.4. The quantitative estimate of drug-likeness (QED) is 0.0535. The zero-order valence-electron chi connectivity index (χ0n) is 37.5. The molecule has 0 aromatic heterocycles. The van der Waals surface area contributed by atoms with Gasteiger partial charge in [-0.3, -0.25) is 10.1 Å². The van der Waals surface area contributed by atoms with Crippen LogP contribution in [0.4, 0.5) is 9.59 Å². The summed E-state index contributed by atoms with van der Waals surface area (Å²) < 4.78 is 31.0. The van der Waals surface area contributed by atoms with Crippen molar-refractivity contribution in [3.05, 3.63) is 0 Å². The van der Waals surface area contributed by atoms with Gasteiger partial charge in [-0.05, 0) is 88.2 Å². The summed E-state index contributed by atoms with van der Waals surface area (Å²) in [5, 5.41) is 22.9. The minimum Gasteiger partial charge on any atom is -0.481 e. The van der Waals surface area contributed by atoms with Crippen LogP contribution in [0.2, 0.25) is 0 Å². The normalized spacial score (nSPS) is 10.9. The maximum atomic E-state index is 11.3. The number of carbonyl (C=O) groups is 3. The molecule has 0 atom stereocenters. The Morgan fingerprint density at radius 3 is 1.24 bits per heavy atom. The van der Waals surface area contributed by atoms with Gasteiger partial charge in [-0.1, -0.05) is 34.6 Å². The molecule has 0 saturated heterocycles. The predicted molar refractivity (Wildman–Crippen MR) is 222 cm³/mol. The van der Waals surface area contributed by atoms with Gasteiger partial charge in [-0.15, -0.1) is 0 Å². The lowest BCUT2D eigenvalue weighted by atomic mass is 10.2. The van der Waals surface area contributed by atoms with Crippen LogP contribution in [0.25, 0.3) is 0 Å². The van der Waals surface area contributed by atoms with E-state index in [1.165, 1.54) is 6.42 Å². The van der Waals surface area contributed by atoms with E-state index in [1.807, 2.05) is 48.5 Å². The zero-order valence-corrected chi connectivity index (χ0v) is 37.5. The molecule has 0 rings (SSSR count). The van der Waals surface area contributed by atoms with Crippen LogP contribution < -0.4 is 38.1 Å². The Bertz CT molecular complexity index is 837. The Kier molecular flexibility index (Phi) is 48.1. The molecule has 10 N–H and O–H groups in total. The van der Waals surface area contributed by atoms with Crippen LogP contribution >= 0.6 is 0 Å². The third-order valence-corrected chi connectivity index (χ3v) is 4.96. The van der Waals surface area contributed by atoms with Crippen LogP contribution in [0.3, 0.4) is 0 Å². The Morgan fingerprint density at radius 2 is 0.945 bits per heavy atom. The Labute approximate surface area is 335 Å². The largest absolute Gasteiger partial charge is 0.481 e. The van der Waals surface area contributed by atoms with Crippen LogP contribution in [-0.2, 0) is 33.2 Å². The number of nitrogens with one attached hydrogen (secondary N) is 5. The molecule has 0 heterocycles. The van der Waals surface area contributed by atoms with Gasteiger partial charge in [-0.2, -0.15) is 0 Å². The van der Waals surface area contributed by atoms with Crippen molar-refractivity contribution in [2.75, 3.05) is 79.3 Å². The fraction of sp³-hybridized carbons (Fsp3) is 0.921. The topological polar surface area (TPSA) is 239 Å². The molecule has 0 unspecified atom stereocenters. The smallest absolute Gasteiger partial charge is 0.408 e. The molecule has 55 heavy (non-hydrogen) atoms. The molecule has 0 spiro atoms. The van der Waals surface area contributed by atoms with Crippen LogP contribution in [0.15, 0.2) is 0 Å². The van der Waals surface area contributed by atoms with Crippen LogP contribution in [0.5, 0.6) is 0 Å². The molecule has 17 nitrogen and oxygen atoms in total. The number of ether oxygens (including phenoxy) is 6. The van der Waals surface area contributed by atoms with Gasteiger partial charge < -0.3 is 66.3 Å². The molecule has 17 heteroatoms. The first-order valence-electron chi connectivity index (χ1n) is 19.5. The van der Waals surface area contributed by atoms with Crippen molar-refractivity contribution in [2.45, 2.75) is 152 Å². The number of carbonyl (C=O) groups excluding carboxylic acids is 2. The molecular weight excluding hydrogens is 714 g/mol. The monoisotopic (exact) mass is 802 g/mol. The third-order valence-electron chi connectivity index (χ3n) is 4.96. The van der Waals surface area contributed by atoms with Crippen molar-refractivity contribution in [1.29, 1.82) is 0 Å². The first-order valence-corrected chi connectivity index (χ1v) is 19.5. The van der Waals surface area contributed by atoms with Crippen molar-refractivity contribution >= 4 is 18.2 Å². The lowest BCUT2D eigenvalue weighted by Gasteiger charge is -2.20. The van der Waals surface area contributed by atoms with E-state index in [0.29, 0.717) is 90.3 Å². The van der Waals surface area contributed by atoms with Gasteiger partial charge in [0.15, 0.2) is 0 Å². The molecule has 334 valence electrons. The van der Waals surface area contributed by atoms with Gasteiger partial charge in [0.2, 0.25) is 0 Å². The van der Waals surface area contributed by atoms with E-state index in [-0.39, 0.29) is 19.1 Å². The highest BCUT2D eigenvalue weighted by atomic mass is 16.6. The second-order valence-electron chi connectivity index (χ2n) is 15.2. The van der Waals surface area contributed by atoms with E-state index in [1.54, 1.807) is 20.8 Å². The molecule has 2 amide bonds. The highest BCUT2D eigenvalue weighted by molar-refractivity contribution is 5.68. The standard InChI is InChI=1S/C16H31NO8.C9H20N2O2.C6H15N.C4H12N2.C3H9N/c1-16(2,3)25-15(20)17-5-7-22-9-11-24-13-12-23-10-8-21-6-4-14(18)19;1-7(2)10-6-11-8(12)13-9(3,4)5;1-4-5-7-6(2)3;1-4(2)6-3-5;1-3(2)4/h4-13H2,1-3H3,(H,17,20)(H,18,19);7,10H,6H2,1-5H3,(H,11,12);6-7H,4-5H2,1-3H3;4,6H,3,5H2,1-2H3;3H,4H2,1-2H3. The summed E-state index contributed by atoms with van der Waals surface area (Å²) in [6.07, 6.45) is 0.381. The van der Waals surface area contributed by atoms with E-state index in [9.17, 15) is 14.4 Å². The molecule has 0 aliphatic rings. The van der Waals surface area contributed by atoms with E-state index < -0.39 is 23.3 Å². The minimum atomic E-state index is -0.878. The lowest BCUT2D eigenvalue weighted by Crippen LogP contribution is -2.40. The fourth-order valence-corrected chi connectivity index (χ4v) is 2.77. The SMILES string of the molecule is CC(C)(C)OC(=O)NCCOCCOCCOCCOCCC(=O)O.CC(C)N.CC(C)NCN.CC(C)NCNC(=O)OC(C)(C)C.CCCNC(C)C. The third kappa shape index (κ3) is 85.2. The molecule has 0 saturated carbocycles. The van der Waals surface area contributed by atoms with Crippen molar-refractivity contribution in [2.24, 2.45) is 11.5 Å². The Balaban J connectivity index is -0.000000229. The highest BCUT2D eigenvalue weighted by Gasteiger charge is 2.16. The molecule has 0 aromatic carbocycles. The van der Waals surface area contributed by atoms with Crippen molar-refractivity contribution in [1.82, 2.24) is 26.6 Å². The van der Waals surface area contributed by atoms with Gasteiger partial charge in [0.25, 0.3) is 0 Å². The number of alkyl carbamates (subject to hydrolysis) is 2. The van der Waals surface area contributed by atoms with E-state index in [4.69, 9.17) is 45.0 Å². The molecular formula is C38H87N7O10. The summed E-state index contributed by atoms with van der Waals surface area (Å²) in [5.41, 5.74) is 9.29. The summed E-state index contributed by atoms with van der Waals surface area (Å²) in [4.78, 5) is 32.6. The number of rotatable bonds is 23. The minimum absolute atomic E-state index is 0.00357. The van der Waals surface area contributed by atoms with Gasteiger partial charge in [0.05, 0.1) is 65.9 Å². The molecule has 0 bridgehead atoms. The lowest BCUT2D eigenvalue weighted by molar-refractivity contribution is -0.138. The second-order valence-corrected chi connectivity index (χ2v) is 15.2. The molecule has 0 aliphatic carbocycles. The van der Waals surface area contributed by atoms with Crippen molar-refractivity contribution in [3.8, 4) is 0 Å². The number of nitrogens with two attached hydrogens (primary N) is 2. The molecule has 0 aliphatic heterocycles. The number of aliphatic carboxylic acids is 1. The number of amides is 2. The average molecular weight is 802 g/mol. The van der Waals surface area contributed by atoms with Gasteiger partial charge >= 0.3 is 18.2 Å². The molecule has 0 fully saturated rings. The molecule has 0 aromatic rings. The van der Waals surface area contributed by atoms with Gasteiger partial charge in [-0.25, -0.2) is 9.59 Å². The summed E-state index contributed by atoms with van der Waals surface area (Å²) in [5.74, 6) is -0.878. The van der Waals surface area contributed by atoms with Crippen LogP contribution in [0, 0.1) is 0 Å². The van der Waals surface area contributed by atoms with E-state index in [2.05, 4.69) is 61.2 Å². The van der Waals surface area contributed by atoms with E-state index >= 15 is 0 Å². The van der Waals surface area contributed by atoms with Crippen molar-refractivity contribution in [3.63, 3.8) is 0 Å². The van der Waals surface area contributed by atoms with Gasteiger partial charge in [0.1, 0.15) is 11.2 Å². The van der Waals surface area contributed by atoms with Crippen LogP contribution in [-0.4, -0.2) is 138 Å². The first kappa shape index (κ1) is 61.9. The number of carboxylic acid groups (broad SMARTS) is 1. The van der Waals surface area contributed by atoms with E-state index in [0.717, 1.165) is 6.54 Å². The van der Waals surface area contributed by atoms with Crippen molar-refractivity contribution < 1.29 is 47.9 Å². The predicted octanol–water partition coefficient (Wildman–Crippen LogP) is 4.17. The number of carboxylic acids is 1. The maximum absolute atomic E-state index is 11.3. The van der Waals surface area contributed by atoms with Gasteiger partial charge in [0, 0.05) is 31.3 Å².